The van der Waals surface area contributed by atoms with Gasteiger partial charge in [-0.25, -0.2) is 9.97 Å². The summed E-state index contributed by atoms with van der Waals surface area (Å²) in [4.78, 5) is 13.2. The molecule has 252 valence electrons. The summed E-state index contributed by atoms with van der Waals surface area (Å²) in [6.07, 6.45) is 0. The van der Waals surface area contributed by atoms with Gasteiger partial charge in [0.1, 0.15) is 0 Å². The number of rotatable bonds is 4. The molecule has 1 spiro atoms. The minimum absolute atomic E-state index is 0.416. The SMILES string of the molecule is c1ccc(-c2cc(-c3ccc(-c4ccccc4)c4ccccc34)nc(-c3ccc4c(c3)Sc3ccccc3C43c4ccccc4-c4ccccc43)n2)cc1. The van der Waals surface area contributed by atoms with Crippen molar-refractivity contribution >= 4 is 22.5 Å². The third-order valence-corrected chi connectivity index (χ3v) is 12.3. The number of nitrogens with zero attached hydrogens (tertiary/aromatic N) is 2. The minimum atomic E-state index is -0.416. The molecule has 1 aliphatic carbocycles. The Labute approximate surface area is 318 Å². The zero-order valence-corrected chi connectivity index (χ0v) is 30.1. The molecule has 0 atom stereocenters. The van der Waals surface area contributed by atoms with Gasteiger partial charge in [0.05, 0.1) is 16.8 Å². The third kappa shape index (κ3) is 4.62. The fourth-order valence-corrected chi connectivity index (χ4v) is 10.1. The number of hydrogen-bond donors (Lipinski definition) is 0. The van der Waals surface area contributed by atoms with Crippen molar-refractivity contribution in [1.82, 2.24) is 9.97 Å². The molecule has 0 amide bonds. The Morgan fingerprint density at radius 3 is 1.59 bits per heavy atom. The maximum Gasteiger partial charge on any atom is 0.160 e. The highest BCUT2D eigenvalue weighted by atomic mass is 32.2. The fourth-order valence-electron chi connectivity index (χ4n) is 8.86. The van der Waals surface area contributed by atoms with E-state index in [1.165, 1.54) is 65.1 Å². The van der Waals surface area contributed by atoms with Crippen LogP contribution >= 0.6 is 11.8 Å². The summed E-state index contributed by atoms with van der Waals surface area (Å²) in [7, 11) is 0. The fraction of sp³-hybridized carbons (Fsp3) is 0.0196. The normalized spacial score (nSPS) is 13.3. The van der Waals surface area contributed by atoms with E-state index in [0.717, 1.165) is 28.1 Å². The van der Waals surface area contributed by atoms with Crippen LogP contribution < -0.4 is 0 Å². The highest BCUT2D eigenvalue weighted by Crippen LogP contribution is 2.62. The van der Waals surface area contributed by atoms with Crippen LogP contribution in [-0.2, 0) is 5.41 Å². The summed E-state index contributed by atoms with van der Waals surface area (Å²) in [5.41, 5.74) is 14.9. The summed E-state index contributed by atoms with van der Waals surface area (Å²) in [6.45, 7) is 0. The van der Waals surface area contributed by atoms with Gasteiger partial charge >= 0.3 is 0 Å². The van der Waals surface area contributed by atoms with E-state index in [2.05, 4.69) is 194 Å². The van der Waals surface area contributed by atoms with Crippen LogP contribution in [0, 0.1) is 0 Å². The topological polar surface area (TPSA) is 25.8 Å². The molecular weight excluding hydrogens is 673 g/mol. The van der Waals surface area contributed by atoms with Gasteiger partial charge in [-0.15, -0.1) is 0 Å². The Balaban J connectivity index is 1.13. The molecule has 1 aliphatic heterocycles. The van der Waals surface area contributed by atoms with Gasteiger partial charge < -0.3 is 0 Å². The molecule has 2 nitrogen and oxygen atoms in total. The second-order valence-electron chi connectivity index (χ2n) is 14.1. The first-order chi connectivity index (χ1) is 26.8. The summed E-state index contributed by atoms with van der Waals surface area (Å²) in [5.74, 6) is 0.714. The molecule has 0 N–H and O–H groups in total. The van der Waals surface area contributed by atoms with Crippen molar-refractivity contribution in [1.29, 1.82) is 0 Å². The number of fused-ring (bicyclic) bond motifs is 10. The molecule has 11 rings (SSSR count). The predicted molar refractivity (Wildman–Crippen MR) is 223 cm³/mol. The Kier molecular flexibility index (Phi) is 7.05. The first-order valence-electron chi connectivity index (χ1n) is 18.4. The van der Waals surface area contributed by atoms with Crippen molar-refractivity contribution < 1.29 is 0 Å². The molecular formula is C51H32N2S. The molecule has 0 saturated carbocycles. The van der Waals surface area contributed by atoms with Gasteiger partial charge in [0.25, 0.3) is 0 Å². The van der Waals surface area contributed by atoms with E-state index in [0.29, 0.717) is 5.82 Å². The molecule has 2 heterocycles. The van der Waals surface area contributed by atoms with Gasteiger partial charge in [-0.05, 0) is 73.5 Å². The summed E-state index contributed by atoms with van der Waals surface area (Å²) in [5, 5.41) is 2.37. The van der Waals surface area contributed by atoms with E-state index in [1.54, 1.807) is 0 Å². The molecule has 8 aromatic carbocycles. The molecule has 1 aromatic heterocycles. The van der Waals surface area contributed by atoms with E-state index < -0.39 is 5.41 Å². The Morgan fingerprint density at radius 1 is 0.333 bits per heavy atom. The van der Waals surface area contributed by atoms with Crippen LogP contribution in [-0.4, -0.2) is 9.97 Å². The van der Waals surface area contributed by atoms with Gasteiger partial charge in [-0.2, -0.15) is 0 Å². The van der Waals surface area contributed by atoms with Crippen LogP contribution in [0.15, 0.2) is 204 Å². The Morgan fingerprint density at radius 2 is 0.870 bits per heavy atom. The van der Waals surface area contributed by atoms with Crippen LogP contribution in [0.1, 0.15) is 22.3 Å². The standard InChI is InChI=1S/C51H32N2S/c1-3-15-33(16-4-1)36-28-29-41(38-20-8-7-19-37(36)38)47-32-46(34-17-5-2-6-18-34)52-50(53-47)35-27-30-45-49(31-35)54-48-26-14-13-25-44(48)51(45)42-23-11-9-21-39(42)40-22-10-12-24-43(40)51/h1-32H. The van der Waals surface area contributed by atoms with Crippen LogP contribution in [0.25, 0.3) is 66.9 Å². The number of benzene rings is 8. The van der Waals surface area contributed by atoms with E-state index >= 15 is 0 Å². The van der Waals surface area contributed by atoms with Crippen molar-refractivity contribution in [2.45, 2.75) is 15.2 Å². The van der Waals surface area contributed by atoms with Crippen LogP contribution in [0.2, 0.25) is 0 Å². The summed E-state index contributed by atoms with van der Waals surface area (Å²) in [6, 6.07) is 70.1. The predicted octanol–water partition coefficient (Wildman–Crippen LogP) is 13.1. The molecule has 0 bridgehead atoms. The molecule has 0 radical (unpaired) electrons. The van der Waals surface area contributed by atoms with E-state index in [4.69, 9.17) is 9.97 Å². The van der Waals surface area contributed by atoms with Crippen molar-refractivity contribution in [3.63, 3.8) is 0 Å². The minimum Gasteiger partial charge on any atom is -0.228 e. The molecule has 2 aliphatic rings. The Bertz CT molecular complexity index is 2870. The average Bonchev–Trinajstić information content (AvgIpc) is 3.54. The quantitative estimate of drug-likeness (QED) is 0.182. The first-order valence-corrected chi connectivity index (χ1v) is 19.2. The Hall–Kier alpha value is -6.55. The first kappa shape index (κ1) is 31.0. The smallest absolute Gasteiger partial charge is 0.160 e. The highest BCUT2D eigenvalue weighted by Gasteiger charge is 2.50. The van der Waals surface area contributed by atoms with Gasteiger partial charge in [0.15, 0.2) is 5.82 Å². The lowest BCUT2D eigenvalue weighted by molar-refractivity contribution is 0.722. The van der Waals surface area contributed by atoms with E-state index in [-0.39, 0.29) is 0 Å². The average molecular weight is 705 g/mol. The molecule has 0 saturated heterocycles. The molecule has 0 fully saturated rings. The van der Waals surface area contributed by atoms with E-state index in [9.17, 15) is 0 Å². The van der Waals surface area contributed by atoms with Gasteiger partial charge in [0, 0.05) is 26.5 Å². The number of hydrogen-bond acceptors (Lipinski definition) is 3. The highest BCUT2D eigenvalue weighted by molar-refractivity contribution is 7.99. The monoisotopic (exact) mass is 704 g/mol. The van der Waals surface area contributed by atoms with Crippen molar-refractivity contribution in [2.75, 3.05) is 0 Å². The van der Waals surface area contributed by atoms with Crippen LogP contribution in [0.3, 0.4) is 0 Å². The molecule has 9 aromatic rings. The van der Waals surface area contributed by atoms with E-state index in [1.807, 2.05) is 11.8 Å². The van der Waals surface area contributed by atoms with Crippen molar-refractivity contribution in [3.8, 4) is 56.2 Å². The molecule has 0 unspecified atom stereocenters. The second kappa shape index (κ2) is 12.3. The van der Waals surface area contributed by atoms with Crippen molar-refractivity contribution in [2.24, 2.45) is 0 Å². The maximum absolute atomic E-state index is 5.39. The maximum atomic E-state index is 5.39. The van der Waals surface area contributed by atoms with Crippen LogP contribution in [0.4, 0.5) is 0 Å². The largest absolute Gasteiger partial charge is 0.228 e. The molecule has 54 heavy (non-hydrogen) atoms. The zero-order chi connectivity index (χ0) is 35.6. The van der Waals surface area contributed by atoms with Crippen molar-refractivity contribution in [3.05, 3.63) is 216 Å². The van der Waals surface area contributed by atoms with Gasteiger partial charge in [0.2, 0.25) is 0 Å². The van der Waals surface area contributed by atoms with Gasteiger partial charge in [-0.3, -0.25) is 0 Å². The molecule has 3 heteroatoms. The second-order valence-corrected chi connectivity index (χ2v) is 15.1. The lowest BCUT2D eigenvalue weighted by atomic mass is 9.67. The number of aromatic nitrogens is 2. The zero-order valence-electron chi connectivity index (χ0n) is 29.3. The lowest BCUT2D eigenvalue weighted by Crippen LogP contribution is -2.31. The third-order valence-electron chi connectivity index (χ3n) is 11.2. The van der Waals surface area contributed by atoms with Gasteiger partial charge in [-0.1, -0.05) is 188 Å². The lowest BCUT2D eigenvalue weighted by Gasteiger charge is -2.39. The summed E-state index contributed by atoms with van der Waals surface area (Å²) < 4.78 is 0. The summed E-state index contributed by atoms with van der Waals surface area (Å²) >= 11 is 1.85. The van der Waals surface area contributed by atoms with Crippen LogP contribution in [0.5, 0.6) is 0 Å².